The Bertz CT molecular complexity index is 226. The molecule has 0 aromatic heterocycles. The van der Waals surface area contributed by atoms with Crippen LogP contribution in [-0.4, -0.2) is 59.0 Å². The molecule has 4 nitrogen and oxygen atoms in total. The standard InChI is InChI=1S/C11H24N2O2S/c1-3-13-6-7-15-11(8-13)9-16(14)10(2)4-5-12/h10-11H,3-9,12H2,1-2H3. The minimum Gasteiger partial charge on any atom is -0.375 e. The molecule has 0 radical (unpaired) electrons. The minimum absolute atomic E-state index is 0.134. The number of hydrogen-bond donors (Lipinski definition) is 1. The Balaban J connectivity index is 2.32. The van der Waals surface area contributed by atoms with Gasteiger partial charge in [-0.2, -0.15) is 0 Å². The van der Waals surface area contributed by atoms with Gasteiger partial charge < -0.3 is 10.5 Å². The average Bonchev–Trinajstić information content (AvgIpc) is 2.29. The first-order chi connectivity index (χ1) is 7.67. The molecule has 0 saturated carbocycles. The summed E-state index contributed by atoms with van der Waals surface area (Å²) in [6, 6.07) is 0. The molecule has 1 rings (SSSR count). The molecule has 5 heteroatoms. The summed E-state index contributed by atoms with van der Waals surface area (Å²) in [6.07, 6.45) is 0.964. The summed E-state index contributed by atoms with van der Waals surface area (Å²) in [7, 11) is -0.811. The van der Waals surface area contributed by atoms with Gasteiger partial charge in [0.25, 0.3) is 0 Å². The molecule has 0 aromatic carbocycles. The molecule has 0 amide bonds. The van der Waals surface area contributed by atoms with Crippen molar-refractivity contribution in [2.75, 3.05) is 38.5 Å². The molecule has 1 heterocycles. The second kappa shape index (κ2) is 7.37. The zero-order valence-corrected chi connectivity index (χ0v) is 11.2. The van der Waals surface area contributed by atoms with Crippen molar-refractivity contribution in [2.24, 2.45) is 5.73 Å². The summed E-state index contributed by atoms with van der Waals surface area (Å²) >= 11 is 0. The zero-order valence-electron chi connectivity index (χ0n) is 10.4. The van der Waals surface area contributed by atoms with Crippen LogP contribution in [0.25, 0.3) is 0 Å². The summed E-state index contributed by atoms with van der Waals surface area (Å²) < 4.78 is 17.6. The second-order valence-corrected chi connectivity index (χ2v) is 6.22. The van der Waals surface area contributed by atoms with E-state index in [1.54, 1.807) is 0 Å². The molecule has 2 N–H and O–H groups in total. The largest absolute Gasteiger partial charge is 0.375 e. The van der Waals surface area contributed by atoms with Gasteiger partial charge in [-0.1, -0.05) is 13.8 Å². The molecule has 16 heavy (non-hydrogen) atoms. The molecule has 0 aliphatic carbocycles. The molecule has 0 bridgehead atoms. The van der Waals surface area contributed by atoms with Crippen molar-refractivity contribution in [3.63, 3.8) is 0 Å². The van der Waals surface area contributed by atoms with Crippen molar-refractivity contribution in [2.45, 2.75) is 31.6 Å². The maximum Gasteiger partial charge on any atom is 0.0817 e. The van der Waals surface area contributed by atoms with E-state index in [0.29, 0.717) is 12.3 Å². The van der Waals surface area contributed by atoms with Crippen molar-refractivity contribution < 1.29 is 8.95 Å². The third-order valence-electron chi connectivity index (χ3n) is 3.04. The van der Waals surface area contributed by atoms with Crippen LogP contribution in [0, 0.1) is 0 Å². The van der Waals surface area contributed by atoms with Gasteiger partial charge in [0.15, 0.2) is 0 Å². The summed E-state index contributed by atoms with van der Waals surface area (Å²) in [5.41, 5.74) is 5.47. The van der Waals surface area contributed by atoms with E-state index in [0.717, 1.165) is 32.7 Å². The lowest BCUT2D eigenvalue weighted by Crippen LogP contribution is -2.45. The predicted octanol–water partition coefficient (Wildman–Crippen LogP) is 0.193. The fraction of sp³-hybridized carbons (Fsp3) is 1.00. The Hall–Kier alpha value is 0.0300. The van der Waals surface area contributed by atoms with E-state index >= 15 is 0 Å². The van der Waals surface area contributed by atoms with E-state index in [1.165, 1.54) is 0 Å². The Morgan fingerprint density at radius 3 is 3.00 bits per heavy atom. The van der Waals surface area contributed by atoms with Crippen LogP contribution >= 0.6 is 0 Å². The smallest absolute Gasteiger partial charge is 0.0817 e. The van der Waals surface area contributed by atoms with E-state index in [2.05, 4.69) is 11.8 Å². The highest BCUT2D eigenvalue weighted by atomic mass is 32.2. The lowest BCUT2D eigenvalue weighted by atomic mass is 10.3. The number of likely N-dealkylation sites (N-methyl/N-ethyl adjacent to an activating group) is 1. The molecule has 3 atom stereocenters. The van der Waals surface area contributed by atoms with Crippen molar-refractivity contribution in [3.05, 3.63) is 0 Å². The molecular weight excluding hydrogens is 224 g/mol. The number of ether oxygens (including phenoxy) is 1. The van der Waals surface area contributed by atoms with Gasteiger partial charge in [-0.05, 0) is 19.5 Å². The maximum absolute atomic E-state index is 12.0. The van der Waals surface area contributed by atoms with E-state index in [-0.39, 0.29) is 11.4 Å². The normalized spacial score (nSPS) is 26.6. The van der Waals surface area contributed by atoms with Crippen LogP contribution in [0.2, 0.25) is 0 Å². The number of nitrogens with zero attached hydrogens (tertiary/aromatic N) is 1. The van der Waals surface area contributed by atoms with Crippen LogP contribution in [0.1, 0.15) is 20.3 Å². The van der Waals surface area contributed by atoms with Gasteiger partial charge in [-0.25, -0.2) is 0 Å². The third kappa shape index (κ3) is 4.49. The Morgan fingerprint density at radius 1 is 1.62 bits per heavy atom. The van der Waals surface area contributed by atoms with Crippen LogP contribution in [0.15, 0.2) is 0 Å². The van der Waals surface area contributed by atoms with Crippen LogP contribution in [0.4, 0.5) is 0 Å². The van der Waals surface area contributed by atoms with Crippen molar-refractivity contribution in [1.29, 1.82) is 0 Å². The highest BCUT2D eigenvalue weighted by molar-refractivity contribution is 7.85. The average molecular weight is 248 g/mol. The Morgan fingerprint density at radius 2 is 2.38 bits per heavy atom. The summed E-state index contributed by atoms with van der Waals surface area (Å²) in [5, 5.41) is 0.186. The molecule has 96 valence electrons. The maximum atomic E-state index is 12.0. The van der Waals surface area contributed by atoms with Gasteiger partial charge in [-0.15, -0.1) is 0 Å². The van der Waals surface area contributed by atoms with Gasteiger partial charge in [0.2, 0.25) is 0 Å². The lowest BCUT2D eigenvalue weighted by molar-refractivity contribution is -0.0141. The fourth-order valence-electron chi connectivity index (χ4n) is 1.88. The molecule has 3 unspecified atom stereocenters. The minimum atomic E-state index is -0.811. The molecule has 1 aliphatic heterocycles. The number of nitrogens with two attached hydrogens (primary N) is 1. The predicted molar refractivity (Wildman–Crippen MR) is 68.0 cm³/mol. The second-order valence-electron chi connectivity index (χ2n) is 4.32. The molecule has 0 spiro atoms. The summed E-state index contributed by atoms with van der Waals surface area (Å²) in [5.74, 6) is 0.650. The van der Waals surface area contributed by atoms with E-state index in [9.17, 15) is 4.21 Å². The number of rotatable bonds is 6. The summed E-state index contributed by atoms with van der Waals surface area (Å²) in [4.78, 5) is 2.35. The van der Waals surface area contributed by atoms with Crippen LogP contribution in [0.5, 0.6) is 0 Å². The van der Waals surface area contributed by atoms with E-state index in [4.69, 9.17) is 10.5 Å². The zero-order chi connectivity index (χ0) is 12.0. The van der Waals surface area contributed by atoms with Crippen molar-refractivity contribution in [1.82, 2.24) is 4.90 Å². The number of morpholine rings is 1. The van der Waals surface area contributed by atoms with Crippen LogP contribution in [0.3, 0.4) is 0 Å². The fourth-order valence-corrected chi connectivity index (χ4v) is 3.18. The van der Waals surface area contributed by atoms with Crippen molar-refractivity contribution in [3.8, 4) is 0 Å². The van der Waals surface area contributed by atoms with Gasteiger partial charge in [0.1, 0.15) is 0 Å². The molecule has 1 aliphatic rings. The van der Waals surface area contributed by atoms with Crippen LogP contribution < -0.4 is 5.73 Å². The third-order valence-corrected chi connectivity index (χ3v) is 4.88. The highest BCUT2D eigenvalue weighted by Crippen LogP contribution is 2.09. The molecule has 0 aromatic rings. The number of hydrogen-bond acceptors (Lipinski definition) is 4. The topological polar surface area (TPSA) is 55.6 Å². The molecular formula is C11H24N2O2S. The van der Waals surface area contributed by atoms with E-state index < -0.39 is 10.8 Å². The summed E-state index contributed by atoms with van der Waals surface area (Å²) in [6.45, 7) is 8.49. The molecule has 1 saturated heterocycles. The van der Waals surface area contributed by atoms with Crippen molar-refractivity contribution >= 4 is 10.8 Å². The first kappa shape index (κ1) is 14.1. The Labute approximate surface area is 101 Å². The lowest BCUT2D eigenvalue weighted by Gasteiger charge is -2.32. The monoisotopic (exact) mass is 248 g/mol. The first-order valence-electron chi connectivity index (χ1n) is 6.08. The first-order valence-corrected chi connectivity index (χ1v) is 7.46. The van der Waals surface area contributed by atoms with Crippen LogP contribution in [-0.2, 0) is 15.5 Å². The van der Waals surface area contributed by atoms with Gasteiger partial charge in [-0.3, -0.25) is 9.11 Å². The van der Waals surface area contributed by atoms with Gasteiger partial charge in [0, 0.05) is 29.1 Å². The highest BCUT2D eigenvalue weighted by Gasteiger charge is 2.23. The quantitative estimate of drug-likeness (QED) is 0.729. The van der Waals surface area contributed by atoms with E-state index in [1.807, 2.05) is 6.92 Å². The SMILES string of the molecule is CCN1CCOC(CS(=O)C(C)CCN)C1. The Kier molecular flexibility index (Phi) is 6.49. The van der Waals surface area contributed by atoms with Gasteiger partial charge >= 0.3 is 0 Å². The molecule has 1 fully saturated rings. The van der Waals surface area contributed by atoms with Gasteiger partial charge in [0.05, 0.1) is 18.5 Å².